The van der Waals surface area contributed by atoms with Gasteiger partial charge in [-0.2, -0.15) is 12.6 Å². The number of rotatable bonds is 38. The minimum absolute atomic E-state index is 0.0131. The topological polar surface area (TPSA) is 407 Å². The molecule has 0 bridgehead atoms. The molecular weight excluding hydrogens is 1350 g/mol. The molecule has 1 aromatic heterocycles. The highest BCUT2D eigenvalue weighted by Crippen LogP contribution is 2.33. The highest BCUT2D eigenvalue weighted by Gasteiger charge is 2.44. The molecule has 1 aliphatic heterocycles. The zero-order valence-corrected chi connectivity index (χ0v) is 61.4. The van der Waals surface area contributed by atoms with Crippen molar-refractivity contribution in [3.8, 4) is 0 Å². The van der Waals surface area contributed by atoms with Gasteiger partial charge >= 0.3 is 11.9 Å². The van der Waals surface area contributed by atoms with Gasteiger partial charge in [0, 0.05) is 62.1 Å². The molecule has 3 aliphatic rings. The molecule has 3 fully saturated rings. The number of carboxylic acid groups (broad SMARTS) is 2. The number of carbonyl (C=O) groups excluding carboxylic acids is 11. The predicted molar refractivity (Wildman–Crippen MR) is 393 cm³/mol. The molecule has 27 nitrogen and oxygen atoms in total. The molecular formula is C76H106N12O15S. The molecule has 566 valence electrons. The number of likely N-dealkylation sites (tertiary alicyclic amines) is 1. The van der Waals surface area contributed by atoms with Gasteiger partial charge in [0.2, 0.25) is 65.0 Å². The summed E-state index contributed by atoms with van der Waals surface area (Å²) in [5.74, 6) is -13.2. The van der Waals surface area contributed by atoms with Crippen LogP contribution in [0.5, 0.6) is 0 Å². The number of nitrogens with two attached hydrogens (primary N) is 1. The van der Waals surface area contributed by atoms with Crippen LogP contribution in [-0.2, 0) is 68.7 Å². The number of carbonyl (C=O) groups is 13. The number of nitrogens with zero attached hydrogens (tertiary/aromatic N) is 2. The number of para-hydroxylation sites is 1. The minimum atomic E-state index is -1.71. The number of nitrogens with one attached hydrogen (secondary N) is 9. The second kappa shape index (κ2) is 40.1. The van der Waals surface area contributed by atoms with E-state index < -0.39 is 168 Å². The van der Waals surface area contributed by atoms with Crippen molar-refractivity contribution in [2.24, 2.45) is 29.4 Å². The fourth-order valence-electron chi connectivity index (χ4n) is 14.6. The Hall–Kier alpha value is -9.34. The number of aromatic nitrogens is 1. The van der Waals surface area contributed by atoms with Crippen LogP contribution < -0.4 is 48.3 Å². The number of aromatic amines is 1. The van der Waals surface area contributed by atoms with Gasteiger partial charge in [0.25, 0.3) is 0 Å². The molecule has 11 amide bonds. The van der Waals surface area contributed by atoms with Gasteiger partial charge in [-0.05, 0) is 85.0 Å². The van der Waals surface area contributed by atoms with Crippen molar-refractivity contribution in [3.63, 3.8) is 0 Å². The molecule has 0 radical (unpaired) electrons. The predicted octanol–water partition coefficient (Wildman–Crippen LogP) is 5.05. The molecule has 13 N–H and O–H groups in total. The number of hydrogen-bond acceptors (Lipinski definition) is 14. The van der Waals surface area contributed by atoms with E-state index in [9.17, 15) is 53.4 Å². The summed E-state index contributed by atoms with van der Waals surface area (Å²) in [5, 5.41) is 42.2. The smallest absolute Gasteiger partial charge is 0.305 e. The molecule has 4 aromatic rings. The van der Waals surface area contributed by atoms with Crippen molar-refractivity contribution in [1.29, 1.82) is 0 Å². The number of carboxylic acids is 2. The average Bonchev–Trinajstić information content (AvgIpc) is 1.16. The second-order valence-corrected chi connectivity index (χ2v) is 29.0. The summed E-state index contributed by atoms with van der Waals surface area (Å²) in [4.78, 5) is 189. The number of thiol groups is 1. The van der Waals surface area contributed by atoms with E-state index in [1.807, 2.05) is 38.1 Å². The zero-order valence-electron chi connectivity index (χ0n) is 60.5. The molecule has 0 spiro atoms. The number of primary amides is 1. The standard InChI is InChI=1S/C76H106N12O15S/c1-7-45(4)65(85-74(101)66(64(49-27-16-10-17-28-49)50-29-18-11-19-30-50)86-68(95)54(34-35-62(90)91)80-71(98)58(41-63(92)93)79-46(5)89)76(103)87(6)61(39-48-25-14-9-15-26-48)73(100)84-59(43-104)75(102)88-36-22-33-60(88)72(99)83-56(38-47-23-12-8-13-24-47)69(96)82-57(70(97)81-55(67(77)94)37-44(2)3)40-51-42-78-53-32-21-20-31-52(51)53/h10-11,16-21,27-32,42,44-45,47-48,54-61,64-66,78,104H,7-9,12-15,22-26,33-41,43H2,1-6H3,(H2,77,94)(H,79,89)(H,80,98)(H,81,97)(H,82,96)(H,83,99)(H,84,100)(H,85,101)(H,86,95)(H,90,91)(H,92,93)/t45-,54-,55-,56+,57-,58-,59-,60-,61-,65-,66-/m0/s1. The lowest BCUT2D eigenvalue weighted by atomic mass is 9.83. The Labute approximate surface area is 613 Å². The van der Waals surface area contributed by atoms with E-state index in [-0.39, 0.29) is 62.2 Å². The van der Waals surface area contributed by atoms with Crippen LogP contribution in [0.3, 0.4) is 0 Å². The average molecular weight is 1460 g/mol. The first-order valence-electron chi connectivity index (χ1n) is 36.6. The molecule has 0 unspecified atom stereocenters. The monoisotopic (exact) mass is 1460 g/mol. The third-order valence-corrected chi connectivity index (χ3v) is 20.8. The van der Waals surface area contributed by atoms with Crippen LogP contribution in [0.1, 0.15) is 179 Å². The van der Waals surface area contributed by atoms with Gasteiger partial charge < -0.3 is 73.3 Å². The van der Waals surface area contributed by atoms with E-state index >= 15 is 19.2 Å². The van der Waals surface area contributed by atoms with E-state index in [2.05, 4.69) is 60.1 Å². The number of H-pyrrole nitrogens is 1. The fourth-order valence-corrected chi connectivity index (χ4v) is 14.8. The Bertz CT molecular complexity index is 3570. The number of fused-ring (bicyclic) bond motifs is 1. The maximum Gasteiger partial charge on any atom is 0.305 e. The first-order valence-corrected chi connectivity index (χ1v) is 37.3. The highest BCUT2D eigenvalue weighted by atomic mass is 32.1. The number of hydrogen-bond donors (Lipinski definition) is 13. The Morgan fingerprint density at radius 2 is 1.12 bits per heavy atom. The summed E-state index contributed by atoms with van der Waals surface area (Å²) < 4.78 is 0. The summed E-state index contributed by atoms with van der Waals surface area (Å²) in [6.07, 6.45) is 9.91. The van der Waals surface area contributed by atoms with E-state index in [0.29, 0.717) is 24.0 Å². The van der Waals surface area contributed by atoms with Gasteiger partial charge in [0.15, 0.2) is 0 Å². The van der Waals surface area contributed by atoms with Crippen LogP contribution in [0.25, 0.3) is 10.9 Å². The van der Waals surface area contributed by atoms with Gasteiger partial charge in [0.1, 0.15) is 60.4 Å². The second-order valence-electron chi connectivity index (χ2n) is 28.7. The first kappa shape index (κ1) is 82.0. The summed E-state index contributed by atoms with van der Waals surface area (Å²) in [5.41, 5.74) is 8.35. The first-order chi connectivity index (χ1) is 49.7. The largest absolute Gasteiger partial charge is 0.481 e. The third kappa shape index (κ3) is 23.6. The summed E-state index contributed by atoms with van der Waals surface area (Å²) in [6, 6.07) is 11.3. The van der Waals surface area contributed by atoms with E-state index in [4.69, 9.17) is 5.73 Å². The Kier molecular flexibility index (Phi) is 31.6. The molecule has 2 saturated carbocycles. The molecule has 28 heteroatoms. The maximum absolute atomic E-state index is 15.6. The summed E-state index contributed by atoms with van der Waals surface area (Å²) >= 11 is 4.58. The SMILES string of the molecule is CC[C@H](C)[C@H](NC(=O)[C@@H](NC(=O)[C@H](CCC(=O)O)NC(=O)[C@H](CC(=O)O)NC(C)=O)C(c1ccccc1)c1ccccc1)C(=O)N(C)[C@@H](CC1CCCCC1)C(=O)N[C@@H](CS)C(=O)N1CCC[C@H]1C(=O)N[C@H](CC1CCCCC1)C(=O)N[C@@H](Cc1c[nH]c2ccccc12)C(=O)N[C@@H](CC(C)C)C(N)=O. The van der Waals surface area contributed by atoms with Gasteiger partial charge in [-0.1, -0.05) is 177 Å². The van der Waals surface area contributed by atoms with Crippen LogP contribution in [0, 0.1) is 23.7 Å². The number of amides is 11. The summed E-state index contributed by atoms with van der Waals surface area (Å²) in [7, 11) is 1.45. The van der Waals surface area contributed by atoms with E-state index in [1.54, 1.807) is 80.7 Å². The lowest BCUT2D eigenvalue weighted by molar-refractivity contribution is -0.146. The molecule has 7 rings (SSSR count). The normalized spacial score (nSPS) is 17.8. The van der Waals surface area contributed by atoms with Gasteiger partial charge in [-0.3, -0.25) is 62.3 Å². The van der Waals surface area contributed by atoms with Crippen molar-refractivity contribution in [1.82, 2.24) is 57.3 Å². The minimum Gasteiger partial charge on any atom is -0.481 e. The van der Waals surface area contributed by atoms with Crippen LogP contribution in [0.4, 0.5) is 0 Å². The van der Waals surface area contributed by atoms with Gasteiger partial charge in [-0.15, -0.1) is 0 Å². The zero-order chi connectivity index (χ0) is 75.7. The lowest BCUT2D eigenvalue weighted by Crippen LogP contribution is -2.62. The third-order valence-electron chi connectivity index (χ3n) is 20.4. The van der Waals surface area contributed by atoms with E-state index in [1.165, 1.54) is 16.8 Å². The Balaban J connectivity index is 1.15. The summed E-state index contributed by atoms with van der Waals surface area (Å²) in [6.45, 7) is 8.48. The van der Waals surface area contributed by atoms with Crippen LogP contribution in [0.15, 0.2) is 91.1 Å². The van der Waals surface area contributed by atoms with Crippen molar-refractivity contribution < 1.29 is 72.5 Å². The van der Waals surface area contributed by atoms with Crippen molar-refractivity contribution in [2.45, 2.75) is 229 Å². The van der Waals surface area contributed by atoms with Crippen molar-refractivity contribution in [2.75, 3.05) is 19.3 Å². The molecule has 1 saturated heterocycles. The molecule has 3 aromatic carbocycles. The molecule has 2 aliphatic carbocycles. The Morgan fingerprint density at radius 3 is 1.69 bits per heavy atom. The number of aliphatic carboxylic acids is 2. The van der Waals surface area contributed by atoms with Gasteiger partial charge in [0.05, 0.1) is 6.42 Å². The fraction of sp³-hybridized carbons (Fsp3) is 0.566. The van der Waals surface area contributed by atoms with E-state index in [0.717, 1.165) is 87.6 Å². The highest BCUT2D eigenvalue weighted by molar-refractivity contribution is 7.80. The van der Waals surface area contributed by atoms with Crippen LogP contribution in [0.2, 0.25) is 0 Å². The lowest BCUT2D eigenvalue weighted by Gasteiger charge is -2.37. The van der Waals surface area contributed by atoms with Gasteiger partial charge in [-0.25, -0.2) is 0 Å². The van der Waals surface area contributed by atoms with Crippen molar-refractivity contribution >= 4 is 100 Å². The molecule has 2 heterocycles. The van der Waals surface area contributed by atoms with Crippen molar-refractivity contribution in [3.05, 3.63) is 108 Å². The van der Waals surface area contributed by atoms with Crippen LogP contribution in [-0.4, -0.2) is 182 Å². The molecule has 104 heavy (non-hydrogen) atoms. The number of benzene rings is 3. The Morgan fingerprint density at radius 1 is 0.587 bits per heavy atom. The number of likely N-dealkylation sites (N-methyl/N-ethyl adjacent to an activating group) is 1. The maximum atomic E-state index is 15.6. The van der Waals surface area contributed by atoms with Crippen LogP contribution >= 0.6 is 12.6 Å². The molecule has 11 atom stereocenters. The quantitative estimate of drug-likeness (QED) is 0.0261.